The molecule has 2 N–H and O–H groups in total. The minimum absolute atomic E-state index is 0. The molecule has 1 saturated heterocycles. The number of carboxylic acids is 1. The van der Waals surface area contributed by atoms with Crippen molar-refractivity contribution < 1.29 is 9.90 Å². The molecular weight excluding hydrogens is 232 g/mol. The molecule has 0 bridgehead atoms. The zero-order valence-corrected chi connectivity index (χ0v) is 9.83. The van der Waals surface area contributed by atoms with Crippen molar-refractivity contribution in [1.29, 1.82) is 0 Å². The lowest BCUT2D eigenvalue weighted by Crippen LogP contribution is -2.32. The number of aromatic carboxylic acids is 1. The number of carboxylic acid groups (broad SMARTS) is 1. The molecule has 1 unspecified atom stereocenters. The van der Waals surface area contributed by atoms with Gasteiger partial charge in [0.15, 0.2) is 5.69 Å². The number of halogens is 1. The summed E-state index contributed by atoms with van der Waals surface area (Å²) in [6.07, 6.45) is 2.11. The Morgan fingerprint density at radius 1 is 1.62 bits per heavy atom. The summed E-state index contributed by atoms with van der Waals surface area (Å²) in [5.74, 6) is -1.01. The van der Waals surface area contributed by atoms with Gasteiger partial charge < -0.3 is 10.4 Å². The van der Waals surface area contributed by atoms with E-state index in [1.54, 1.807) is 11.6 Å². The van der Waals surface area contributed by atoms with Crippen LogP contribution in [0.2, 0.25) is 0 Å². The molecule has 0 spiro atoms. The van der Waals surface area contributed by atoms with Crippen LogP contribution in [-0.4, -0.2) is 39.2 Å². The lowest BCUT2D eigenvalue weighted by atomic mass is 10.1. The highest BCUT2D eigenvalue weighted by molar-refractivity contribution is 5.86. The fourth-order valence-corrected chi connectivity index (χ4v) is 1.93. The van der Waals surface area contributed by atoms with Gasteiger partial charge in [-0.15, -0.1) is 17.5 Å². The fraction of sp³-hybridized carbons (Fsp3) is 0.667. The van der Waals surface area contributed by atoms with E-state index in [0.717, 1.165) is 25.9 Å². The van der Waals surface area contributed by atoms with Crippen LogP contribution in [0.15, 0.2) is 0 Å². The first-order chi connectivity index (χ1) is 7.20. The molecule has 90 valence electrons. The van der Waals surface area contributed by atoms with Gasteiger partial charge in [0, 0.05) is 6.54 Å². The van der Waals surface area contributed by atoms with Crippen LogP contribution < -0.4 is 5.32 Å². The van der Waals surface area contributed by atoms with Crippen LogP contribution in [0.4, 0.5) is 0 Å². The summed E-state index contributed by atoms with van der Waals surface area (Å²) in [6.45, 7) is 3.61. The molecular formula is C9H15ClN4O2. The van der Waals surface area contributed by atoms with Gasteiger partial charge in [-0.1, -0.05) is 5.21 Å². The maximum absolute atomic E-state index is 10.8. The van der Waals surface area contributed by atoms with Gasteiger partial charge >= 0.3 is 5.97 Å². The van der Waals surface area contributed by atoms with Crippen LogP contribution >= 0.6 is 12.4 Å². The third-order valence-electron chi connectivity index (χ3n) is 2.75. The van der Waals surface area contributed by atoms with Gasteiger partial charge in [0.2, 0.25) is 0 Å². The number of rotatable bonds is 2. The molecule has 2 heterocycles. The second-order valence-electron chi connectivity index (χ2n) is 3.77. The Hall–Kier alpha value is -1.14. The van der Waals surface area contributed by atoms with Crippen molar-refractivity contribution in [3.63, 3.8) is 0 Å². The second-order valence-corrected chi connectivity index (χ2v) is 3.77. The first kappa shape index (κ1) is 12.9. The van der Waals surface area contributed by atoms with Gasteiger partial charge in [0.05, 0.1) is 11.7 Å². The quantitative estimate of drug-likeness (QED) is 0.800. The average Bonchev–Trinajstić information content (AvgIpc) is 2.61. The van der Waals surface area contributed by atoms with Gasteiger partial charge in [-0.05, 0) is 26.3 Å². The SMILES string of the molecule is Cc1c(C(=O)O)nnn1C1CCCNC1.Cl. The maximum Gasteiger partial charge on any atom is 0.358 e. The van der Waals surface area contributed by atoms with E-state index in [4.69, 9.17) is 5.11 Å². The zero-order valence-electron chi connectivity index (χ0n) is 9.01. The van der Waals surface area contributed by atoms with Crippen LogP contribution in [0.1, 0.15) is 35.1 Å². The third kappa shape index (κ3) is 2.33. The summed E-state index contributed by atoms with van der Waals surface area (Å²) in [7, 11) is 0. The van der Waals surface area contributed by atoms with E-state index in [0.29, 0.717) is 5.69 Å². The van der Waals surface area contributed by atoms with Crippen LogP contribution in [0.25, 0.3) is 0 Å². The Kier molecular flexibility index (Phi) is 4.26. The number of hydrogen-bond donors (Lipinski definition) is 2. The highest BCUT2D eigenvalue weighted by Gasteiger charge is 2.22. The molecule has 0 amide bonds. The number of nitrogens with zero attached hydrogens (tertiary/aromatic N) is 3. The number of hydrogen-bond acceptors (Lipinski definition) is 4. The van der Waals surface area contributed by atoms with Crippen molar-refractivity contribution in [3.8, 4) is 0 Å². The molecule has 1 fully saturated rings. The van der Waals surface area contributed by atoms with Crippen molar-refractivity contribution in [3.05, 3.63) is 11.4 Å². The van der Waals surface area contributed by atoms with Crippen molar-refractivity contribution in [2.75, 3.05) is 13.1 Å². The molecule has 0 aliphatic carbocycles. The highest BCUT2D eigenvalue weighted by atomic mass is 35.5. The van der Waals surface area contributed by atoms with Gasteiger partial charge in [-0.2, -0.15) is 0 Å². The number of piperidine rings is 1. The Bertz CT molecular complexity index is 374. The van der Waals surface area contributed by atoms with Crippen molar-refractivity contribution in [2.24, 2.45) is 0 Å². The summed E-state index contributed by atoms with van der Waals surface area (Å²) in [4.78, 5) is 10.8. The van der Waals surface area contributed by atoms with Gasteiger partial charge in [0.25, 0.3) is 0 Å². The van der Waals surface area contributed by atoms with Crippen molar-refractivity contribution >= 4 is 18.4 Å². The molecule has 0 saturated carbocycles. The fourth-order valence-electron chi connectivity index (χ4n) is 1.93. The molecule has 1 aromatic rings. The average molecular weight is 247 g/mol. The lowest BCUT2D eigenvalue weighted by Gasteiger charge is -2.23. The monoisotopic (exact) mass is 246 g/mol. The number of carbonyl (C=O) groups is 1. The van der Waals surface area contributed by atoms with E-state index < -0.39 is 5.97 Å². The minimum Gasteiger partial charge on any atom is -0.476 e. The largest absolute Gasteiger partial charge is 0.476 e. The molecule has 6 nitrogen and oxygen atoms in total. The molecule has 1 aromatic heterocycles. The minimum atomic E-state index is -1.01. The molecule has 1 aliphatic heterocycles. The van der Waals surface area contributed by atoms with Gasteiger partial charge in [-0.25, -0.2) is 9.48 Å². The summed E-state index contributed by atoms with van der Waals surface area (Å²) in [5, 5.41) is 19.7. The van der Waals surface area contributed by atoms with E-state index in [9.17, 15) is 4.79 Å². The molecule has 7 heteroatoms. The molecule has 2 rings (SSSR count). The first-order valence-corrected chi connectivity index (χ1v) is 5.06. The van der Waals surface area contributed by atoms with E-state index in [2.05, 4.69) is 15.6 Å². The molecule has 1 aliphatic rings. The smallest absolute Gasteiger partial charge is 0.358 e. The molecule has 0 radical (unpaired) electrons. The zero-order chi connectivity index (χ0) is 10.8. The maximum atomic E-state index is 10.8. The predicted octanol–water partition coefficient (Wildman–Crippen LogP) is 0.631. The summed E-state index contributed by atoms with van der Waals surface area (Å²) >= 11 is 0. The number of nitrogens with one attached hydrogen (secondary N) is 1. The van der Waals surface area contributed by atoms with E-state index >= 15 is 0 Å². The second kappa shape index (κ2) is 5.27. The highest BCUT2D eigenvalue weighted by Crippen LogP contribution is 2.18. The van der Waals surface area contributed by atoms with E-state index in [1.807, 2.05) is 0 Å². The predicted molar refractivity (Wildman–Crippen MR) is 60.1 cm³/mol. The van der Waals surface area contributed by atoms with Crippen LogP contribution in [0.3, 0.4) is 0 Å². The topological polar surface area (TPSA) is 80.0 Å². The third-order valence-corrected chi connectivity index (χ3v) is 2.75. The molecule has 16 heavy (non-hydrogen) atoms. The van der Waals surface area contributed by atoms with Crippen LogP contribution in [-0.2, 0) is 0 Å². The normalized spacial score (nSPS) is 20.2. The summed E-state index contributed by atoms with van der Waals surface area (Å²) in [6, 6.07) is 0.236. The van der Waals surface area contributed by atoms with Gasteiger partial charge in [-0.3, -0.25) is 0 Å². The summed E-state index contributed by atoms with van der Waals surface area (Å²) in [5.41, 5.74) is 0.691. The van der Waals surface area contributed by atoms with Gasteiger partial charge in [0.1, 0.15) is 0 Å². The van der Waals surface area contributed by atoms with Crippen molar-refractivity contribution in [2.45, 2.75) is 25.8 Å². The van der Waals surface area contributed by atoms with E-state index in [1.165, 1.54) is 0 Å². The Balaban J connectivity index is 0.00000128. The van der Waals surface area contributed by atoms with Crippen LogP contribution in [0.5, 0.6) is 0 Å². The van der Waals surface area contributed by atoms with Crippen molar-refractivity contribution in [1.82, 2.24) is 20.3 Å². The molecule has 1 atom stereocenters. The Morgan fingerprint density at radius 2 is 2.38 bits per heavy atom. The standard InChI is InChI=1S/C9H14N4O2.ClH/c1-6-8(9(14)15)11-12-13(6)7-3-2-4-10-5-7;/h7,10H,2-5H2,1H3,(H,14,15);1H. The van der Waals surface area contributed by atoms with E-state index in [-0.39, 0.29) is 24.1 Å². The van der Waals surface area contributed by atoms with Crippen LogP contribution in [0, 0.1) is 6.92 Å². The number of aromatic nitrogens is 3. The first-order valence-electron chi connectivity index (χ1n) is 5.06. The molecule has 0 aromatic carbocycles. The summed E-state index contributed by atoms with van der Waals surface area (Å²) < 4.78 is 1.72. The Morgan fingerprint density at radius 3 is 2.88 bits per heavy atom. The Labute approximate surface area is 99.4 Å². The lowest BCUT2D eigenvalue weighted by molar-refractivity contribution is 0.0689.